The molecule has 222 valence electrons. The third-order valence-corrected chi connectivity index (χ3v) is 9.10. The SMILES string of the molecule is C=C/C(=C\C=N)c1cccc(-c2ccc3c(ccc4c5ccc(-c6ccc(-c7ccccc7)cc6)cc5n(-c5ccccc5)c34)c2)c1. The van der Waals surface area contributed by atoms with Crippen molar-refractivity contribution in [1.29, 1.82) is 5.41 Å². The molecule has 8 rings (SSSR count). The number of benzene rings is 7. The standard InChI is InChI=1S/C45H32N2/c1-2-31(26-27-46)35-12-9-13-36(28-35)37-20-23-41-39(29-37)22-25-43-42-24-21-38(30-44(42)47(45(41)43)40-14-7-4-8-15-40)34-18-16-33(17-19-34)32-10-5-3-6-11-32/h2-30,46H,1H2/b31-26+,46-27?. The first-order valence-corrected chi connectivity index (χ1v) is 15.9. The number of rotatable bonds is 7. The van der Waals surface area contributed by atoms with Gasteiger partial charge >= 0.3 is 0 Å². The van der Waals surface area contributed by atoms with Gasteiger partial charge in [0.25, 0.3) is 0 Å². The summed E-state index contributed by atoms with van der Waals surface area (Å²) >= 11 is 0. The maximum Gasteiger partial charge on any atom is 0.0619 e. The monoisotopic (exact) mass is 600 g/mol. The van der Waals surface area contributed by atoms with Crippen LogP contribution in [0.3, 0.4) is 0 Å². The van der Waals surface area contributed by atoms with Crippen molar-refractivity contribution in [3.8, 4) is 39.1 Å². The first-order valence-electron chi connectivity index (χ1n) is 15.9. The quantitative estimate of drug-likeness (QED) is 0.139. The fourth-order valence-electron chi connectivity index (χ4n) is 6.78. The molecule has 7 aromatic carbocycles. The van der Waals surface area contributed by atoms with Gasteiger partial charge in [0.2, 0.25) is 0 Å². The number of hydrogen-bond donors (Lipinski definition) is 1. The van der Waals surface area contributed by atoms with Gasteiger partial charge in [0.15, 0.2) is 0 Å². The zero-order valence-electron chi connectivity index (χ0n) is 25.9. The van der Waals surface area contributed by atoms with Gasteiger partial charge < -0.3 is 9.98 Å². The molecule has 0 amide bonds. The molecular formula is C45H32N2. The van der Waals surface area contributed by atoms with Crippen molar-refractivity contribution in [3.05, 3.63) is 182 Å². The van der Waals surface area contributed by atoms with E-state index < -0.39 is 0 Å². The molecular weight excluding hydrogens is 569 g/mol. The molecule has 2 nitrogen and oxygen atoms in total. The molecule has 0 spiro atoms. The summed E-state index contributed by atoms with van der Waals surface area (Å²) in [5.74, 6) is 0. The zero-order valence-corrected chi connectivity index (χ0v) is 25.9. The Morgan fingerprint density at radius 1 is 0.511 bits per heavy atom. The van der Waals surface area contributed by atoms with Gasteiger partial charge in [-0.05, 0) is 86.3 Å². The molecule has 0 saturated carbocycles. The second-order valence-electron chi connectivity index (χ2n) is 11.8. The minimum absolute atomic E-state index is 0.934. The Morgan fingerprint density at radius 2 is 1.09 bits per heavy atom. The smallest absolute Gasteiger partial charge is 0.0619 e. The molecule has 0 fully saturated rings. The van der Waals surface area contributed by atoms with E-state index in [0.717, 1.165) is 28.0 Å². The van der Waals surface area contributed by atoms with E-state index in [1.807, 2.05) is 0 Å². The number of fused-ring (bicyclic) bond motifs is 5. The molecule has 0 bridgehead atoms. The summed E-state index contributed by atoms with van der Waals surface area (Å²) in [5.41, 5.74) is 12.6. The molecule has 1 aromatic heterocycles. The summed E-state index contributed by atoms with van der Waals surface area (Å²) < 4.78 is 2.42. The van der Waals surface area contributed by atoms with Crippen LogP contribution in [0.2, 0.25) is 0 Å². The van der Waals surface area contributed by atoms with Crippen molar-refractivity contribution in [2.75, 3.05) is 0 Å². The van der Waals surface area contributed by atoms with Crippen molar-refractivity contribution in [2.45, 2.75) is 0 Å². The third-order valence-electron chi connectivity index (χ3n) is 9.10. The van der Waals surface area contributed by atoms with Gasteiger partial charge in [0, 0.05) is 28.1 Å². The highest BCUT2D eigenvalue weighted by Crippen LogP contribution is 2.39. The minimum Gasteiger partial charge on any atom is -0.309 e. The van der Waals surface area contributed by atoms with Gasteiger partial charge in [-0.25, -0.2) is 0 Å². The summed E-state index contributed by atoms with van der Waals surface area (Å²) in [6.07, 6.45) is 4.88. The fraction of sp³-hybridized carbons (Fsp3) is 0. The molecule has 0 atom stereocenters. The van der Waals surface area contributed by atoms with Crippen molar-refractivity contribution in [3.63, 3.8) is 0 Å². The van der Waals surface area contributed by atoms with Gasteiger partial charge in [-0.15, -0.1) is 0 Å². The van der Waals surface area contributed by atoms with Crippen LogP contribution in [0.4, 0.5) is 0 Å². The molecule has 2 heteroatoms. The van der Waals surface area contributed by atoms with E-state index in [9.17, 15) is 0 Å². The molecule has 8 aromatic rings. The highest BCUT2D eigenvalue weighted by Gasteiger charge is 2.16. The molecule has 0 unspecified atom stereocenters. The average Bonchev–Trinajstić information content (AvgIpc) is 3.48. The number of para-hydroxylation sites is 1. The Bertz CT molecular complexity index is 2460. The summed E-state index contributed by atoms with van der Waals surface area (Å²) in [7, 11) is 0. The highest BCUT2D eigenvalue weighted by atomic mass is 15.0. The largest absolute Gasteiger partial charge is 0.309 e. The number of hydrogen-bond acceptors (Lipinski definition) is 1. The van der Waals surface area contributed by atoms with Crippen LogP contribution >= 0.6 is 0 Å². The molecule has 0 saturated heterocycles. The van der Waals surface area contributed by atoms with E-state index in [0.29, 0.717) is 0 Å². The maximum atomic E-state index is 7.52. The Hall–Kier alpha value is -6.25. The molecule has 1 heterocycles. The van der Waals surface area contributed by atoms with Crippen LogP contribution in [0.1, 0.15) is 5.56 Å². The maximum absolute atomic E-state index is 7.52. The summed E-state index contributed by atoms with van der Waals surface area (Å²) in [5, 5.41) is 12.4. The summed E-state index contributed by atoms with van der Waals surface area (Å²) in [6, 6.07) is 56.7. The lowest BCUT2D eigenvalue weighted by molar-refractivity contribution is 1.19. The normalized spacial score (nSPS) is 11.7. The second kappa shape index (κ2) is 11.9. The van der Waals surface area contributed by atoms with E-state index in [1.165, 1.54) is 61.0 Å². The number of nitrogens with one attached hydrogen (secondary N) is 1. The first kappa shape index (κ1) is 28.2. The predicted molar refractivity (Wildman–Crippen MR) is 202 cm³/mol. The van der Waals surface area contributed by atoms with Crippen LogP contribution < -0.4 is 0 Å². The van der Waals surface area contributed by atoms with Gasteiger partial charge in [0.1, 0.15) is 0 Å². The van der Waals surface area contributed by atoms with Gasteiger partial charge in [-0.2, -0.15) is 0 Å². The molecule has 0 aliphatic carbocycles. The van der Waals surface area contributed by atoms with Crippen molar-refractivity contribution in [2.24, 2.45) is 0 Å². The van der Waals surface area contributed by atoms with E-state index in [2.05, 4.69) is 169 Å². The number of allylic oxidation sites excluding steroid dienone is 3. The first-order chi connectivity index (χ1) is 23.2. The molecule has 0 aliphatic heterocycles. The molecule has 47 heavy (non-hydrogen) atoms. The lowest BCUT2D eigenvalue weighted by Gasteiger charge is -2.12. The summed E-state index contributed by atoms with van der Waals surface area (Å²) in [6.45, 7) is 3.94. The third kappa shape index (κ3) is 5.07. The van der Waals surface area contributed by atoms with E-state index >= 15 is 0 Å². The van der Waals surface area contributed by atoms with Crippen LogP contribution in [-0.2, 0) is 0 Å². The number of aromatic nitrogens is 1. The number of nitrogens with zero attached hydrogens (tertiary/aromatic N) is 1. The molecule has 1 N–H and O–H groups in total. The van der Waals surface area contributed by atoms with E-state index in [4.69, 9.17) is 5.41 Å². The second-order valence-corrected chi connectivity index (χ2v) is 11.8. The van der Waals surface area contributed by atoms with Crippen molar-refractivity contribution >= 4 is 44.4 Å². The van der Waals surface area contributed by atoms with Crippen LogP contribution in [0.15, 0.2) is 176 Å². The lowest BCUT2D eigenvalue weighted by Crippen LogP contribution is -1.94. The fourth-order valence-corrected chi connectivity index (χ4v) is 6.78. The molecule has 0 radical (unpaired) electrons. The summed E-state index contributed by atoms with van der Waals surface area (Å²) in [4.78, 5) is 0. The Labute approximate surface area is 274 Å². The van der Waals surface area contributed by atoms with Crippen LogP contribution in [-0.4, -0.2) is 10.8 Å². The zero-order chi connectivity index (χ0) is 31.7. The Morgan fingerprint density at radius 3 is 1.81 bits per heavy atom. The van der Waals surface area contributed by atoms with E-state index in [1.54, 1.807) is 12.2 Å². The van der Waals surface area contributed by atoms with Gasteiger partial charge in [-0.3, -0.25) is 0 Å². The van der Waals surface area contributed by atoms with Gasteiger partial charge in [0.05, 0.1) is 11.0 Å². The Kier molecular flexibility index (Phi) is 7.16. The highest BCUT2D eigenvalue weighted by molar-refractivity contribution is 6.19. The van der Waals surface area contributed by atoms with Crippen LogP contribution in [0, 0.1) is 5.41 Å². The lowest BCUT2D eigenvalue weighted by atomic mass is 9.96. The topological polar surface area (TPSA) is 28.8 Å². The average molecular weight is 601 g/mol. The van der Waals surface area contributed by atoms with Crippen molar-refractivity contribution < 1.29 is 0 Å². The van der Waals surface area contributed by atoms with Gasteiger partial charge in [-0.1, -0.05) is 140 Å². The van der Waals surface area contributed by atoms with Crippen LogP contribution in [0.25, 0.3) is 77.2 Å². The van der Waals surface area contributed by atoms with Crippen LogP contribution in [0.5, 0.6) is 0 Å². The van der Waals surface area contributed by atoms with E-state index in [-0.39, 0.29) is 0 Å². The minimum atomic E-state index is 0.934. The molecule has 0 aliphatic rings. The Balaban J connectivity index is 1.29. The predicted octanol–water partition coefficient (Wildman–Crippen LogP) is 12.2. The van der Waals surface area contributed by atoms with Crippen molar-refractivity contribution in [1.82, 2.24) is 4.57 Å².